The van der Waals surface area contributed by atoms with Gasteiger partial charge in [-0.1, -0.05) is 43.3 Å². The minimum absolute atomic E-state index is 0.0768. The number of anilines is 1. The first-order valence-electron chi connectivity index (χ1n) is 8.49. The van der Waals surface area contributed by atoms with Gasteiger partial charge in [0.15, 0.2) is 5.16 Å². The van der Waals surface area contributed by atoms with Gasteiger partial charge in [0, 0.05) is 17.4 Å². The van der Waals surface area contributed by atoms with Gasteiger partial charge >= 0.3 is 0 Å². The second-order valence-corrected chi connectivity index (χ2v) is 7.36. The molecule has 0 saturated heterocycles. The molecule has 0 spiro atoms. The maximum atomic E-state index is 12.7. The van der Waals surface area contributed by atoms with Crippen LogP contribution in [0.15, 0.2) is 28.2 Å². The van der Waals surface area contributed by atoms with Crippen LogP contribution >= 0.6 is 11.8 Å². The van der Waals surface area contributed by atoms with Crippen LogP contribution in [0.5, 0.6) is 0 Å². The molecule has 134 valence electrons. The molecule has 5 nitrogen and oxygen atoms in total. The van der Waals surface area contributed by atoms with Crippen molar-refractivity contribution in [1.82, 2.24) is 9.97 Å². The Morgan fingerprint density at radius 1 is 1.20 bits per heavy atom. The number of aryl methyl sites for hydroxylation is 4. The van der Waals surface area contributed by atoms with Crippen LogP contribution in [-0.4, -0.2) is 21.1 Å². The average molecular weight is 359 g/mol. The second-order valence-electron chi connectivity index (χ2n) is 6.17. The highest BCUT2D eigenvalue weighted by Crippen LogP contribution is 2.26. The van der Waals surface area contributed by atoms with Crippen LogP contribution < -0.4 is 10.9 Å². The third-order valence-electron chi connectivity index (χ3n) is 3.98. The van der Waals surface area contributed by atoms with Crippen molar-refractivity contribution in [3.63, 3.8) is 0 Å². The van der Waals surface area contributed by atoms with Gasteiger partial charge in [0.1, 0.15) is 0 Å². The van der Waals surface area contributed by atoms with Crippen molar-refractivity contribution in [3.8, 4) is 0 Å². The molecule has 1 unspecified atom stereocenters. The smallest absolute Gasteiger partial charge is 0.251 e. The Bertz CT molecular complexity index is 807. The number of nitrogens with one attached hydrogen (secondary N) is 2. The number of carbonyl (C=O) groups excluding carboxylic acids is 1. The summed E-state index contributed by atoms with van der Waals surface area (Å²) in [4.78, 5) is 31.6. The summed E-state index contributed by atoms with van der Waals surface area (Å²) in [5.74, 6) is -0.0768. The zero-order chi connectivity index (χ0) is 18.6. The summed E-state index contributed by atoms with van der Waals surface area (Å²) in [7, 11) is 0. The summed E-state index contributed by atoms with van der Waals surface area (Å²) in [6, 6.07) is 5.60. The molecule has 2 aromatic rings. The normalized spacial score (nSPS) is 12.0. The number of aromatic nitrogens is 2. The maximum absolute atomic E-state index is 12.7. The van der Waals surface area contributed by atoms with E-state index in [9.17, 15) is 9.59 Å². The summed E-state index contributed by atoms with van der Waals surface area (Å²) < 4.78 is 0. The largest absolute Gasteiger partial charge is 0.325 e. The molecule has 0 aliphatic carbocycles. The van der Waals surface area contributed by atoms with Crippen molar-refractivity contribution < 1.29 is 4.79 Å². The number of nitrogens with zero attached hydrogens (tertiary/aromatic N) is 1. The van der Waals surface area contributed by atoms with Crippen LogP contribution in [0, 0.1) is 20.8 Å². The van der Waals surface area contributed by atoms with Gasteiger partial charge in [-0.25, -0.2) is 4.98 Å². The van der Waals surface area contributed by atoms with Crippen molar-refractivity contribution in [3.05, 3.63) is 50.9 Å². The van der Waals surface area contributed by atoms with E-state index in [1.54, 1.807) is 0 Å². The lowest BCUT2D eigenvalue weighted by Gasteiger charge is -2.17. The van der Waals surface area contributed by atoms with E-state index in [-0.39, 0.29) is 16.7 Å². The number of thioether (sulfide) groups is 1. The molecule has 1 aromatic carbocycles. The van der Waals surface area contributed by atoms with Gasteiger partial charge in [-0.15, -0.1) is 0 Å². The number of hydrogen-bond donors (Lipinski definition) is 2. The summed E-state index contributed by atoms with van der Waals surface area (Å²) in [5, 5.41) is 3.21. The number of H-pyrrole nitrogens is 1. The van der Waals surface area contributed by atoms with E-state index in [0.717, 1.165) is 22.5 Å². The summed E-state index contributed by atoms with van der Waals surface area (Å²) in [5.41, 5.74) is 4.67. The van der Waals surface area contributed by atoms with E-state index in [4.69, 9.17) is 0 Å². The molecule has 1 aromatic heterocycles. The Balaban J connectivity index is 2.19. The molecule has 1 amide bonds. The third kappa shape index (κ3) is 4.95. The van der Waals surface area contributed by atoms with Crippen molar-refractivity contribution in [2.45, 2.75) is 57.9 Å². The summed E-state index contributed by atoms with van der Waals surface area (Å²) in [6.45, 7) is 9.93. The molecule has 2 N–H and O–H groups in total. The average Bonchev–Trinajstić information content (AvgIpc) is 2.55. The molecule has 1 heterocycles. The minimum atomic E-state index is -0.324. The number of benzene rings is 1. The standard InChI is InChI=1S/C19H25N3O2S/c1-6-14-10-16(23)21-19(20-14)25-15(7-2)18(24)22-17-12(4)8-11(3)9-13(17)5/h8-10,15H,6-7H2,1-5H3,(H,22,24)(H,20,21,23). The molecule has 2 rings (SSSR count). The number of carbonyl (C=O) groups is 1. The van der Waals surface area contributed by atoms with E-state index >= 15 is 0 Å². The van der Waals surface area contributed by atoms with Crippen molar-refractivity contribution in [2.75, 3.05) is 5.32 Å². The van der Waals surface area contributed by atoms with E-state index < -0.39 is 0 Å². The van der Waals surface area contributed by atoms with Gasteiger partial charge in [-0.2, -0.15) is 0 Å². The zero-order valence-electron chi connectivity index (χ0n) is 15.4. The van der Waals surface area contributed by atoms with Crippen LogP contribution in [0.3, 0.4) is 0 Å². The van der Waals surface area contributed by atoms with Gasteiger partial charge in [0.25, 0.3) is 5.56 Å². The lowest BCUT2D eigenvalue weighted by atomic mass is 10.0. The lowest BCUT2D eigenvalue weighted by molar-refractivity contribution is -0.115. The first kappa shape index (κ1) is 19.2. The zero-order valence-corrected chi connectivity index (χ0v) is 16.2. The predicted octanol–water partition coefficient (Wildman–Crippen LogP) is 3.77. The first-order chi connectivity index (χ1) is 11.8. The predicted molar refractivity (Wildman–Crippen MR) is 103 cm³/mol. The SMILES string of the molecule is CCc1cc(=O)[nH]c(SC(CC)C(=O)Nc2c(C)cc(C)cc2C)n1. The molecule has 1 atom stereocenters. The van der Waals surface area contributed by atoms with E-state index in [2.05, 4.69) is 27.4 Å². The van der Waals surface area contributed by atoms with Crippen LogP contribution in [0.4, 0.5) is 5.69 Å². The van der Waals surface area contributed by atoms with Gasteiger partial charge in [0.2, 0.25) is 5.91 Å². The van der Waals surface area contributed by atoms with Crippen molar-refractivity contribution >= 4 is 23.4 Å². The van der Waals surface area contributed by atoms with E-state index in [0.29, 0.717) is 18.0 Å². The number of amides is 1. The molecule has 0 fully saturated rings. The number of hydrogen-bond acceptors (Lipinski definition) is 4. The Morgan fingerprint density at radius 3 is 2.40 bits per heavy atom. The third-order valence-corrected chi connectivity index (χ3v) is 5.23. The van der Waals surface area contributed by atoms with Gasteiger partial charge in [-0.05, 0) is 44.7 Å². The minimum Gasteiger partial charge on any atom is -0.325 e. The molecule has 6 heteroatoms. The lowest BCUT2D eigenvalue weighted by Crippen LogP contribution is -2.26. The van der Waals surface area contributed by atoms with Crippen molar-refractivity contribution in [2.24, 2.45) is 0 Å². The Labute approximate surface area is 152 Å². The maximum Gasteiger partial charge on any atom is 0.251 e. The highest BCUT2D eigenvalue weighted by molar-refractivity contribution is 8.00. The second kappa shape index (κ2) is 8.34. The van der Waals surface area contributed by atoms with Crippen molar-refractivity contribution in [1.29, 1.82) is 0 Å². The van der Waals surface area contributed by atoms with Crippen LogP contribution in [0.25, 0.3) is 0 Å². The van der Waals surface area contributed by atoms with E-state index in [1.807, 2.05) is 34.6 Å². The Hall–Kier alpha value is -2.08. The topological polar surface area (TPSA) is 74.8 Å². The van der Waals surface area contributed by atoms with Crippen LogP contribution in [0.2, 0.25) is 0 Å². The molecule has 0 bridgehead atoms. The van der Waals surface area contributed by atoms with Gasteiger partial charge < -0.3 is 10.3 Å². The molecule has 0 saturated carbocycles. The highest BCUT2D eigenvalue weighted by atomic mass is 32.2. The monoisotopic (exact) mass is 359 g/mol. The fraction of sp³-hybridized carbons (Fsp3) is 0.421. The fourth-order valence-electron chi connectivity index (χ4n) is 2.76. The first-order valence-corrected chi connectivity index (χ1v) is 9.37. The molecule has 0 aliphatic heterocycles. The Morgan fingerprint density at radius 2 is 1.84 bits per heavy atom. The fourth-order valence-corrected chi connectivity index (χ4v) is 3.69. The van der Waals surface area contributed by atoms with Crippen LogP contribution in [-0.2, 0) is 11.2 Å². The Kier molecular flexibility index (Phi) is 6.42. The van der Waals surface area contributed by atoms with Crippen LogP contribution in [0.1, 0.15) is 42.7 Å². The van der Waals surface area contributed by atoms with Gasteiger partial charge in [-0.3, -0.25) is 9.59 Å². The van der Waals surface area contributed by atoms with Gasteiger partial charge in [0.05, 0.1) is 5.25 Å². The summed E-state index contributed by atoms with van der Waals surface area (Å²) >= 11 is 1.30. The molecule has 25 heavy (non-hydrogen) atoms. The summed E-state index contributed by atoms with van der Waals surface area (Å²) in [6.07, 6.45) is 1.32. The quantitative estimate of drug-likeness (QED) is 0.608. The molecular weight excluding hydrogens is 334 g/mol. The highest BCUT2D eigenvalue weighted by Gasteiger charge is 2.21. The molecular formula is C19H25N3O2S. The molecule has 0 radical (unpaired) electrons. The van der Waals surface area contributed by atoms with E-state index in [1.165, 1.54) is 23.4 Å². The number of aromatic amines is 1. The molecule has 0 aliphatic rings. The number of rotatable bonds is 6.